The minimum atomic E-state index is -0.0404. The number of hydrogen-bond donors (Lipinski definition) is 1. The van der Waals surface area contributed by atoms with Gasteiger partial charge in [0.2, 0.25) is 0 Å². The van der Waals surface area contributed by atoms with E-state index >= 15 is 0 Å². The monoisotopic (exact) mass is 192 g/mol. The lowest BCUT2D eigenvalue weighted by atomic mass is 10.1. The number of nitrogens with one attached hydrogen (secondary N) is 1. The largest absolute Gasteiger partial charge is 0.355 e. The summed E-state index contributed by atoms with van der Waals surface area (Å²) in [6.07, 6.45) is 0. The Morgan fingerprint density at radius 2 is 1.86 bits per heavy atom. The second kappa shape index (κ2) is 4.77. The Kier molecular flexibility index (Phi) is 3.65. The normalized spacial score (nSPS) is 10.3. The third kappa shape index (κ3) is 2.85. The van der Waals surface area contributed by atoms with E-state index in [1.54, 1.807) is 7.05 Å². The van der Waals surface area contributed by atoms with Gasteiger partial charge in [-0.2, -0.15) is 0 Å². The fraction of sp³-hybridized carbons (Fsp3) is 0.364. The number of carbonyl (C=O) groups is 1. The van der Waals surface area contributed by atoms with Crippen LogP contribution in [-0.2, 0) is 6.54 Å². The number of hydrogen-bond acceptors (Lipinski definition) is 2. The van der Waals surface area contributed by atoms with Crippen molar-refractivity contribution in [3.63, 3.8) is 0 Å². The minimum Gasteiger partial charge on any atom is -0.355 e. The highest BCUT2D eigenvalue weighted by molar-refractivity contribution is 5.93. The first kappa shape index (κ1) is 10.7. The summed E-state index contributed by atoms with van der Waals surface area (Å²) >= 11 is 0. The Morgan fingerprint density at radius 1 is 1.29 bits per heavy atom. The standard InChI is InChI=1S/C11H16N2O/c1-12-11(14)10-6-4-9(5-7-10)8-13(2)3/h4-7H,8H2,1-3H3,(H,12,14). The first-order chi connectivity index (χ1) is 6.63. The molecule has 1 aromatic rings. The van der Waals surface area contributed by atoms with Crippen LogP contribution in [0.25, 0.3) is 0 Å². The summed E-state index contributed by atoms with van der Waals surface area (Å²) in [4.78, 5) is 13.3. The molecule has 0 aliphatic rings. The number of benzene rings is 1. The van der Waals surface area contributed by atoms with E-state index in [1.165, 1.54) is 5.56 Å². The first-order valence-electron chi connectivity index (χ1n) is 4.59. The van der Waals surface area contributed by atoms with E-state index in [0.717, 1.165) is 6.54 Å². The lowest BCUT2D eigenvalue weighted by Crippen LogP contribution is -2.17. The van der Waals surface area contributed by atoms with Crippen LogP contribution in [-0.4, -0.2) is 32.0 Å². The van der Waals surface area contributed by atoms with E-state index in [9.17, 15) is 4.79 Å². The number of amides is 1. The Bertz CT molecular complexity index is 304. The van der Waals surface area contributed by atoms with E-state index in [-0.39, 0.29) is 5.91 Å². The Morgan fingerprint density at radius 3 is 2.29 bits per heavy atom. The number of nitrogens with zero attached hydrogens (tertiary/aromatic N) is 1. The summed E-state index contributed by atoms with van der Waals surface area (Å²) in [5.74, 6) is -0.0404. The zero-order valence-electron chi connectivity index (χ0n) is 8.87. The van der Waals surface area contributed by atoms with Crippen molar-refractivity contribution in [2.24, 2.45) is 0 Å². The molecule has 3 nitrogen and oxygen atoms in total. The third-order valence-corrected chi connectivity index (χ3v) is 1.94. The molecule has 0 aliphatic heterocycles. The molecule has 0 aromatic heterocycles. The van der Waals surface area contributed by atoms with E-state index < -0.39 is 0 Å². The van der Waals surface area contributed by atoms with Gasteiger partial charge in [0.25, 0.3) is 5.91 Å². The average molecular weight is 192 g/mol. The molecule has 0 bridgehead atoms. The summed E-state index contributed by atoms with van der Waals surface area (Å²) in [5, 5.41) is 2.59. The van der Waals surface area contributed by atoms with Gasteiger partial charge in [0, 0.05) is 19.2 Å². The SMILES string of the molecule is CNC(=O)c1ccc(CN(C)C)cc1. The van der Waals surface area contributed by atoms with Crippen LogP contribution in [0.5, 0.6) is 0 Å². The van der Waals surface area contributed by atoms with E-state index in [4.69, 9.17) is 0 Å². The maximum absolute atomic E-state index is 11.2. The van der Waals surface area contributed by atoms with Crippen molar-refractivity contribution in [1.29, 1.82) is 0 Å². The zero-order chi connectivity index (χ0) is 10.6. The van der Waals surface area contributed by atoms with Crippen LogP contribution in [0.3, 0.4) is 0 Å². The second-order valence-corrected chi connectivity index (χ2v) is 3.51. The molecule has 1 amide bonds. The molecule has 0 aliphatic carbocycles. The maximum Gasteiger partial charge on any atom is 0.251 e. The Hall–Kier alpha value is -1.35. The highest BCUT2D eigenvalue weighted by Crippen LogP contribution is 2.05. The summed E-state index contributed by atoms with van der Waals surface area (Å²) in [6, 6.07) is 7.64. The predicted molar refractivity (Wildman–Crippen MR) is 57.2 cm³/mol. The fourth-order valence-corrected chi connectivity index (χ4v) is 1.27. The minimum absolute atomic E-state index is 0.0404. The van der Waals surface area contributed by atoms with Gasteiger partial charge in [-0.1, -0.05) is 12.1 Å². The van der Waals surface area contributed by atoms with Crippen molar-refractivity contribution in [3.8, 4) is 0 Å². The Labute approximate surface area is 84.7 Å². The van der Waals surface area contributed by atoms with Crippen molar-refractivity contribution in [3.05, 3.63) is 35.4 Å². The molecule has 0 saturated carbocycles. The van der Waals surface area contributed by atoms with Gasteiger partial charge in [0.15, 0.2) is 0 Å². The summed E-state index contributed by atoms with van der Waals surface area (Å²) in [5.41, 5.74) is 1.91. The van der Waals surface area contributed by atoms with Crippen molar-refractivity contribution >= 4 is 5.91 Å². The van der Waals surface area contributed by atoms with Gasteiger partial charge in [0.1, 0.15) is 0 Å². The summed E-state index contributed by atoms with van der Waals surface area (Å²) in [6.45, 7) is 0.897. The van der Waals surface area contributed by atoms with E-state index in [0.29, 0.717) is 5.56 Å². The molecular formula is C11H16N2O. The van der Waals surface area contributed by atoms with Crippen LogP contribution >= 0.6 is 0 Å². The average Bonchev–Trinajstić information content (AvgIpc) is 2.17. The van der Waals surface area contributed by atoms with Gasteiger partial charge < -0.3 is 10.2 Å². The molecule has 0 radical (unpaired) electrons. The highest BCUT2D eigenvalue weighted by Gasteiger charge is 2.02. The van der Waals surface area contributed by atoms with Crippen LogP contribution < -0.4 is 5.32 Å². The number of carbonyl (C=O) groups excluding carboxylic acids is 1. The molecule has 14 heavy (non-hydrogen) atoms. The zero-order valence-corrected chi connectivity index (χ0v) is 8.87. The van der Waals surface area contributed by atoms with E-state index in [2.05, 4.69) is 10.2 Å². The van der Waals surface area contributed by atoms with Crippen LogP contribution in [0.2, 0.25) is 0 Å². The molecular weight excluding hydrogens is 176 g/mol. The summed E-state index contributed by atoms with van der Waals surface area (Å²) in [7, 11) is 5.68. The maximum atomic E-state index is 11.2. The van der Waals surface area contributed by atoms with E-state index in [1.807, 2.05) is 38.4 Å². The first-order valence-corrected chi connectivity index (χ1v) is 4.59. The molecule has 0 atom stereocenters. The second-order valence-electron chi connectivity index (χ2n) is 3.51. The summed E-state index contributed by atoms with van der Waals surface area (Å²) < 4.78 is 0. The number of rotatable bonds is 3. The van der Waals surface area contributed by atoms with Gasteiger partial charge >= 0.3 is 0 Å². The predicted octanol–water partition coefficient (Wildman–Crippen LogP) is 1.11. The Balaban J connectivity index is 2.73. The van der Waals surface area contributed by atoms with Crippen LogP contribution in [0.1, 0.15) is 15.9 Å². The smallest absolute Gasteiger partial charge is 0.251 e. The van der Waals surface area contributed by atoms with Crippen LogP contribution in [0.15, 0.2) is 24.3 Å². The highest BCUT2D eigenvalue weighted by atomic mass is 16.1. The topological polar surface area (TPSA) is 32.3 Å². The van der Waals surface area contributed by atoms with Crippen molar-refractivity contribution < 1.29 is 4.79 Å². The fourth-order valence-electron chi connectivity index (χ4n) is 1.27. The quantitative estimate of drug-likeness (QED) is 0.778. The molecule has 76 valence electrons. The molecule has 1 aromatic carbocycles. The van der Waals surface area contributed by atoms with Gasteiger partial charge in [-0.25, -0.2) is 0 Å². The molecule has 3 heteroatoms. The van der Waals surface area contributed by atoms with Crippen molar-refractivity contribution in [2.75, 3.05) is 21.1 Å². The molecule has 1 rings (SSSR count). The van der Waals surface area contributed by atoms with Gasteiger partial charge in [0.05, 0.1) is 0 Å². The molecule has 0 fully saturated rings. The lowest BCUT2D eigenvalue weighted by Gasteiger charge is -2.09. The molecule has 0 unspecified atom stereocenters. The lowest BCUT2D eigenvalue weighted by molar-refractivity contribution is 0.0963. The van der Waals surface area contributed by atoms with Gasteiger partial charge in [-0.05, 0) is 31.8 Å². The van der Waals surface area contributed by atoms with Crippen molar-refractivity contribution in [2.45, 2.75) is 6.54 Å². The molecule has 0 spiro atoms. The van der Waals surface area contributed by atoms with Crippen LogP contribution in [0.4, 0.5) is 0 Å². The van der Waals surface area contributed by atoms with Gasteiger partial charge in [-0.15, -0.1) is 0 Å². The van der Waals surface area contributed by atoms with Crippen molar-refractivity contribution in [1.82, 2.24) is 10.2 Å². The molecule has 0 saturated heterocycles. The molecule has 1 N–H and O–H groups in total. The van der Waals surface area contributed by atoms with Crippen LogP contribution in [0, 0.1) is 0 Å². The van der Waals surface area contributed by atoms with Gasteiger partial charge in [-0.3, -0.25) is 4.79 Å². The third-order valence-electron chi connectivity index (χ3n) is 1.94. The molecule has 0 heterocycles.